The quantitative estimate of drug-likeness (QED) is 0.865. The molecule has 0 bridgehead atoms. The lowest BCUT2D eigenvalue weighted by Crippen LogP contribution is -2.12. The third-order valence-corrected chi connectivity index (χ3v) is 3.79. The zero-order valence-corrected chi connectivity index (χ0v) is 11.5. The van der Waals surface area contributed by atoms with E-state index in [-0.39, 0.29) is 0 Å². The summed E-state index contributed by atoms with van der Waals surface area (Å²) in [4.78, 5) is 4.85. The summed E-state index contributed by atoms with van der Waals surface area (Å²) in [6.07, 6.45) is 5.24. The Morgan fingerprint density at radius 3 is 2.24 bits per heavy atom. The summed E-state index contributed by atoms with van der Waals surface area (Å²) in [5.41, 5.74) is 7.36. The van der Waals surface area contributed by atoms with Crippen molar-refractivity contribution in [2.24, 2.45) is 0 Å². The van der Waals surface area contributed by atoms with Crippen molar-refractivity contribution >= 4 is 5.82 Å². The third-order valence-electron chi connectivity index (χ3n) is 3.79. The fraction of sp³-hybridized carbons (Fsp3) is 0.786. The number of nitrogens with two attached hydrogens (primary N) is 1. The van der Waals surface area contributed by atoms with Gasteiger partial charge in [0.1, 0.15) is 11.6 Å². The fourth-order valence-corrected chi connectivity index (χ4v) is 2.92. The van der Waals surface area contributed by atoms with Crippen LogP contribution >= 0.6 is 0 Å². The van der Waals surface area contributed by atoms with E-state index in [2.05, 4.69) is 32.3 Å². The Morgan fingerprint density at radius 2 is 1.76 bits per heavy atom. The first-order valence-electron chi connectivity index (χ1n) is 6.89. The van der Waals surface area contributed by atoms with Crippen molar-refractivity contribution in [1.29, 1.82) is 0 Å². The van der Waals surface area contributed by atoms with E-state index in [0.29, 0.717) is 17.9 Å². The van der Waals surface area contributed by atoms with Crippen LogP contribution in [0.1, 0.15) is 82.8 Å². The Bertz CT molecular complexity index is 384. The maximum Gasteiger partial charge on any atom is 0.127 e. The number of aromatic nitrogens is 2. The molecule has 1 heterocycles. The van der Waals surface area contributed by atoms with Gasteiger partial charge in [0.05, 0.1) is 5.69 Å². The van der Waals surface area contributed by atoms with Crippen molar-refractivity contribution in [2.45, 2.75) is 71.3 Å². The van der Waals surface area contributed by atoms with E-state index < -0.39 is 0 Å². The van der Waals surface area contributed by atoms with Crippen LogP contribution in [0.15, 0.2) is 0 Å². The molecule has 96 valence electrons. The first kappa shape index (κ1) is 12.5. The second kappa shape index (κ2) is 4.71. The molecule has 3 nitrogen and oxygen atoms in total. The summed E-state index contributed by atoms with van der Waals surface area (Å²) >= 11 is 0. The molecule has 0 saturated heterocycles. The molecule has 17 heavy (non-hydrogen) atoms. The highest BCUT2D eigenvalue weighted by Crippen LogP contribution is 2.37. The van der Waals surface area contributed by atoms with Crippen LogP contribution in [-0.2, 0) is 0 Å². The van der Waals surface area contributed by atoms with Crippen LogP contribution in [-0.4, -0.2) is 9.55 Å². The molecule has 1 aliphatic rings. The highest BCUT2D eigenvalue weighted by atomic mass is 15.2. The van der Waals surface area contributed by atoms with Crippen molar-refractivity contribution in [2.75, 3.05) is 5.73 Å². The molecule has 1 aliphatic carbocycles. The molecule has 0 radical (unpaired) electrons. The number of hydrogen-bond donors (Lipinski definition) is 1. The van der Waals surface area contributed by atoms with Crippen LogP contribution in [0.25, 0.3) is 0 Å². The lowest BCUT2D eigenvalue weighted by molar-refractivity contribution is 0.534. The Labute approximate surface area is 104 Å². The largest absolute Gasteiger partial charge is 0.384 e. The molecule has 0 amide bonds. The molecule has 2 rings (SSSR count). The zero-order valence-electron chi connectivity index (χ0n) is 11.5. The summed E-state index contributed by atoms with van der Waals surface area (Å²) < 4.78 is 2.26. The van der Waals surface area contributed by atoms with Gasteiger partial charge in [-0.05, 0) is 32.6 Å². The van der Waals surface area contributed by atoms with Crippen molar-refractivity contribution in [3.63, 3.8) is 0 Å². The van der Waals surface area contributed by atoms with Crippen molar-refractivity contribution in [1.82, 2.24) is 9.55 Å². The molecule has 1 fully saturated rings. The lowest BCUT2D eigenvalue weighted by atomic mass is 10.1. The van der Waals surface area contributed by atoms with Crippen LogP contribution in [0.5, 0.6) is 0 Å². The number of nitrogens with zero attached hydrogens (tertiary/aromatic N) is 2. The highest BCUT2D eigenvalue weighted by Gasteiger charge is 2.26. The monoisotopic (exact) mass is 235 g/mol. The topological polar surface area (TPSA) is 43.8 Å². The third kappa shape index (κ3) is 2.20. The smallest absolute Gasteiger partial charge is 0.127 e. The summed E-state index contributed by atoms with van der Waals surface area (Å²) in [6, 6.07) is 0.408. The van der Waals surface area contributed by atoms with Gasteiger partial charge in [-0.15, -0.1) is 0 Å². The molecule has 0 aliphatic heterocycles. The summed E-state index contributed by atoms with van der Waals surface area (Å²) in [6.45, 7) is 8.73. The Kier molecular flexibility index (Phi) is 3.45. The molecular formula is C14H25N3. The first-order chi connectivity index (χ1) is 8.02. The molecule has 0 unspecified atom stereocenters. The zero-order chi connectivity index (χ0) is 12.6. The first-order valence-corrected chi connectivity index (χ1v) is 6.89. The van der Waals surface area contributed by atoms with E-state index in [9.17, 15) is 0 Å². The van der Waals surface area contributed by atoms with Gasteiger partial charge in [-0.2, -0.15) is 0 Å². The van der Waals surface area contributed by atoms with E-state index in [1.54, 1.807) is 0 Å². The van der Waals surface area contributed by atoms with Gasteiger partial charge in [0.25, 0.3) is 0 Å². The van der Waals surface area contributed by atoms with Crippen LogP contribution in [0, 0.1) is 0 Å². The minimum Gasteiger partial charge on any atom is -0.384 e. The van der Waals surface area contributed by atoms with E-state index in [0.717, 1.165) is 11.5 Å². The number of anilines is 1. The number of rotatable bonds is 3. The van der Waals surface area contributed by atoms with Crippen molar-refractivity contribution in [3.05, 3.63) is 11.5 Å². The average Bonchev–Trinajstić information content (AvgIpc) is 2.82. The maximum atomic E-state index is 6.27. The molecule has 1 aromatic rings. The van der Waals surface area contributed by atoms with Crippen LogP contribution < -0.4 is 5.73 Å². The fourth-order valence-electron chi connectivity index (χ4n) is 2.92. The Morgan fingerprint density at radius 1 is 1.18 bits per heavy atom. The standard InChI is InChI=1S/C14H25N3/c1-9(2)12-13(15)17(10(3)4)14(16-12)11-7-5-6-8-11/h9-11H,5-8,15H2,1-4H3. The van der Waals surface area contributed by atoms with Crippen molar-refractivity contribution in [3.8, 4) is 0 Å². The molecule has 1 aromatic heterocycles. The SMILES string of the molecule is CC(C)c1nc(C2CCCC2)n(C(C)C)c1N. The lowest BCUT2D eigenvalue weighted by Gasteiger charge is -2.17. The predicted octanol–water partition coefficient (Wildman–Crippen LogP) is 3.83. The van der Waals surface area contributed by atoms with Gasteiger partial charge in [0.2, 0.25) is 0 Å². The van der Waals surface area contributed by atoms with Gasteiger partial charge in [-0.3, -0.25) is 0 Å². The van der Waals surface area contributed by atoms with Crippen molar-refractivity contribution < 1.29 is 0 Å². The molecule has 0 spiro atoms. The number of hydrogen-bond acceptors (Lipinski definition) is 2. The second-order valence-corrected chi connectivity index (χ2v) is 5.84. The van der Waals surface area contributed by atoms with Gasteiger partial charge < -0.3 is 10.3 Å². The normalized spacial score (nSPS) is 17.5. The number of nitrogen functional groups attached to an aromatic ring is 1. The van der Waals surface area contributed by atoms with E-state index >= 15 is 0 Å². The number of imidazole rings is 1. The average molecular weight is 235 g/mol. The molecule has 0 aromatic carbocycles. The molecule has 0 atom stereocenters. The predicted molar refractivity (Wildman–Crippen MR) is 72.3 cm³/mol. The van der Waals surface area contributed by atoms with Crippen LogP contribution in [0.2, 0.25) is 0 Å². The Balaban J connectivity index is 2.45. The summed E-state index contributed by atoms with van der Waals surface area (Å²) in [7, 11) is 0. The molecule has 2 N–H and O–H groups in total. The van der Waals surface area contributed by atoms with E-state index in [1.807, 2.05) is 0 Å². The van der Waals surface area contributed by atoms with Gasteiger partial charge >= 0.3 is 0 Å². The van der Waals surface area contributed by atoms with Crippen LogP contribution in [0.4, 0.5) is 5.82 Å². The molecule has 3 heteroatoms. The van der Waals surface area contributed by atoms with E-state index in [4.69, 9.17) is 10.7 Å². The van der Waals surface area contributed by atoms with Gasteiger partial charge in [0, 0.05) is 12.0 Å². The Hall–Kier alpha value is -0.990. The molecule has 1 saturated carbocycles. The minimum atomic E-state index is 0.408. The summed E-state index contributed by atoms with van der Waals surface area (Å²) in [5.74, 6) is 3.16. The van der Waals surface area contributed by atoms with Gasteiger partial charge in [-0.25, -0.2) is 4.98 Å². The second-order valence-electron chi connectivity index (χ2n) is 5.84. The van der Waals surface area contributed by atoms with Crippen LogP contribution in [0.3, 0.4) is 0 Å². The van der Waals surface area contributed by atoms with E-state index in [1.165, 1.54) is 31.5 Å². The van der Waals surface area contributed by atoms with Gasteiger partial charge in [0.15, 0.2) is 0 Å². The maximum absolute atomic E-state index is 6.27. The minimum absolute atomic E-state index is 0.408. The van der Waals surface area contributed by atoms with Gasteiger partial charge in [-0.1, -0.05) is 26.7 Å². The summed E-state index contributed by atoms with van der Waals surface area (Å²) in [5, 5.41) is 0. The molecular weight excluding hydrogens is 210 g/mol. The highest BCUT2D eigenvalue weighted by molar-refractivity contribution is 5.41.